The van der Waals surface area contributed by atoms with E-state index in [1.54, 1.807) is 6.20 Å². The molecule has 1 N–H and O–H groups in total. The molecule has 1 unspecified atom stereocenters. The topological polar surface area (TPSA) is 101 Å². The van der Waals surface area contributed by atoms with Crippen LogP contribution in [0.15, 0.2) is 53.6 Å². The molecule has 1 atom stereocenters. The molecular formula is C25H26F2N4O5S2. The maximum absolute atomic E-state index is 14.4. The summed E-state index contributed by atoms with van der Waals surface area (Å²) in [6, 6.07) is 8.48. The minimum absolute atomic E-state index is 0.0883. The lowest BCUT2D eigenvalue weighted by molar-refractivity contribution is -0.123. The number of thiazole rings is 1. The van der Waals surface area contributed by atoms with Gasteiger partial charge in [0.1, 0.15) is 10.8 Å². The molecule has 2 fully saturated rings. The summed E-state index contributed by atoms with van der Waals surface area (Å²) in [5, 5.41) is 3.88. The Morgan fingerprint density at radius 1 is 1.05 bits per heavy atom. The van der Waals surface area contributed by atoms with Gasteiger partial charge in [0.05, 0.1) is 24.3 Å². The Balaban J connectivity index is 1.39. The maximum atomic E-state index is 14.4. The molecule has 0 spiro atoms. The van der Waals surface area contributed by atoms with Gasteiger partial charge >= 0.3 is 0 Å². The highest BCUT2D eigenvalue weighted by Crippen LogP contribution is 2.31. The summed E-state index contributed by atoms with van der Waals surface area (Å²) in [5.74, 6) is -2.73. The number of ether oxygens (including phenoxy) is 2. The van der Waals surface area contributed by atoms with Crippen LogP contribution in [0.4, 0.5) is 18.9 Å². The van der Waals surface area contributed by atoms with Gasteiger partial charge < -0.3 is 14.4 Å². The van der Waals surface area contributed by atoms with E-state index >= 15 is 0 Å². The number of nitrogens with zero attached hydrogens (tertiary/aromatic N) is 3. The van der Waals surface area contributed by atoms with E-state index in [0.29, 0.717) is 50.6 Å². The van der Waals surface area contributed by atoms with Gasteiger partial charge in [-0.2, -0.15) is 4.31 Å². The zero-order chi connectivity index (χ0) is 26.7. The first-order valence-electron chi connectivity index (χ1n) is 12.1. The molecule has 0 saturated carbocycles. The van der Waals surface area contributed by atoms with E-state index in [0.717, 1.165) is 30.0 Å². The summed E-state index contributed by atoms with van der Waals surface area (Å²) in [6.07, 6.45) is 1.90. The first-order valence-corrected chi connectivity index (χ1v) is 14.4. The van der Waals surface area contributed by atoms with E-state index in [-0.39, 0.29) is 16.2 Å². The molecule has 202 valence electrons. The number of halogens is 2. The van der Waals surface area contributed by atoms with Crippen molar-refractivity contribution in [3.05, 3.63) is 65.9 Å². The maximum Gasteiger partial charge on any atom is 0.271 e. The SMILES string of the molecule is O=C(Nc1ncc(N2CCOCC2)s1)C(Oc1ccc(F)cc1F)c1ccc(S(=O)(=O)N2CCCC2)cc1. The van der Waals surface area contributed by atoms with Crippen molar-refractivity contribution in [3.63, 3.8) is 0 Å². The van der Waals surface area contributed by atoms with Gasteiger partial charge in [0.15, 0.2) is 16.7 Å². The van der Waals surface area contributed by atoms with E-state index in [1.807, 2.05) is 0 Å². The third kappa shape index (κ3) is 5.80. The summed E-state index contributed by atoms with van der Waals surface area (Å²) in [6.45, 7) is 3.53. The highest BCUT2D eigenvalue weighted by atomic mass is 32.2. The monoisotopic (exact) mass is 564 g/mol. The fraction of sp³-hybridized carbons (Fsp3) is 0.360. The number of morpholine rings is 1. The highest BCUT2D eigenvalue weighted by molar-refractivity contribution is 7.89. The van der Waals surface area contributed by atoms with Crippen LogP contribution < -0.4 is 15.0 Å². The standard InChI is InChI=1S/C25H26F2N4O5S2/c26-18-5-8-21(20(27)15-18)36-23(17-3-6-19(7-4-17)38(33,34)31-9-1-2-10-31)24(32)29-25-28-16-22(37-25)30-11-13-35-14-12-30/h3-8,15-16,23H,1-2,9-14H2,(H,28,29,32). The number of hydrogen-bond acceptors (Lipinski definition) is 8. The smallest absolute Gasteiger partial charge is 0.271 e. The molecule has 5 rings (SSSR count). The summed E-state index contributed by atoms with van der Waals surface area (Å²) in [7, 11) is -3.66. The zero-order valence-electron chi connectivity index (χ0n) is 20.3. The molecule has 9 nitrogen and oxygen atoms in total. The van der Waals surface area contributed by atoms with E-state index in [2.05, 4.69) is 15.2 Å². The molecule has 2 aliphatic rings. The third-order valence-corrected chi connectivity index (χ3v) is 9.20. The molecule has 0 aliphatic carbocycles. The van der Waals surface area contributed by atoms with Crippen molar-refractivity contribution in [1.82, 2.24) is 9.29 Å². The van der Waals surface area contributed by atoms with Gasteiger partial charge in [0.25, 0.3) is 5.91 Å². The summed E-state index contributed by atoms with van der Waals surface area (Å²) in [4.78, 5) is 19.8. The zero-order valence-corrected chi connectivity index (χ0v) is 21.9. The van der Waals surface area contributed by atoms with Crippen molar-refractivity contribution < 1.29 is 31.5 Å². The molecule has 1 aromatic heterocycles. The molecule has 0 radical (unpaired) electrons. The molecule has 0 bridgehead atoms. The van der Waals surface area contributed by atoms with Crippen molar-refractivity contribution in [2.45, 2.75) is 23.8 Å². The second kappa shape index (κ2) is 11.3. The number of carbonyl (C=O) groups is 1. The van der Waals surface area contributed by atoms with Crippen LogP contribution in [0.2, 0.25) is 0 Å². The second-order valence-corrected chi connectivity index (χ2v) is 11.8. The number of carbonyl (C=O) groups excluding carboxylic acids is 1. The third-order valence-electron chi connectivity index (χ3n) is 6.31. The largest absolute Gasteiger partial charge is 0.473 e. The van der Waals surface area contributed by atoms with Gasteiger partial charge in [-0.15, -0.1) is 0 Å². The number of rotatable bonds is 8. The van der Waals surface area contributed by atoms with Crippen molar-refractivity contribution in [2.75, 3.05) is 49.6 Å². The number of sulfonamides is 1. The molecule has 1 amide bonds. The fourth-order valence-corrected chi connectivity index (χ4v) is 6.68. The Hall–Kier alpha value is -3.13. The molecule has 2 aromatic carbocycles. The first kappa shape index (κ1) is 26.5. The Morgan fingerprint density at radius 3 is 2.45 bits per heavy atom. The molecule has 2 aliphatic heterocycles. The fourth-order valence-electron chi connectivity index (χ4n) is 4.29. The van der Waals surface area contributed by atoms with Gasteiger partial charge in [0.2, 0.25) is 16.1 Å². The summed E-state index contributed by atoms with van der Waals surface area (Å²) in [5.41, 5.74) is 0.288. The van der Waals surface area contributed by atoms with Gasteiger partial charge in [-0.25, -0.2) is 22.2 Å². The number of nitrogens with one attached hydrogen (secondary N) is 1. The minimum atomic E-state index is -3.66. The van der Waals surface area contributed by atoms with Gasteiger partial charge in [-0.05, 0) is 37.1 Å². The van der Waals surface area contributed by atoms with Crippen LogP contribution in [0.25, 0.3) is 0 Å². The molecular weight excluding hydrogens is 538 g/mol. The van der Waals surface area contributed by atoms with Crippen LogP contribution in [-0.4, -0.2) is 63.0 Å². The van der Waals surface area contributed by atoms with Gasteiger partial charge in [-0.1, -0.05) is 23.5 Å². The lowest BCUT2D eigenvalue weighted by atomic mass is 10.1. The quantitative estimate of drug-likeness (QED) is 0.444. The van der Waals surface area contributed by atoms with Crippen LogP contribution in [0, 0.1) is 11.6 Å². The Kier molecular flexibility index (Phi) is 7.88. The molecule has 3 aromatic rings. The second-order valence-electron chi connectivity index (χ2n) is 8.85. The van der Waals surface area contributed by atoms with Crippen molar-refractivity contribution >= 4 is 37.4 Å². The van der Waals surface area contributed by atoms with Crippen LogP contribution in [0.3, 0.4) is 0 Å². The number of amides is 1. The number of benzene rings is 2. The highest BCUT2D eigenvalue weighted by Gasteiger charge is 2.29. The normalized spacial score (nSPS) is 17.4. The molecule has 13 heteroatoms. The molecule has 3 heterocycles. The van der Waals surface area contributed by atoms with E-state index in [4.69, 9.17) is 9.47 Å². The van der Waals surface area contributed by atoms with Crippen LogP contribution in [0.1, 0.15) is 24.5 Å². The minimum Gasteiger partial charge on any atom is -0.473 e. The average molecular weight is 565 g/mol. The van der Waals surface area contributed by atoms with E-state index < -0.39 is 33.7 Å². The Labute approximate surface area is 223 Å². The van der Waals surface area contributed by atoms with Crippen LogP contribution in [-0.2, 0) is 19.6 Å². The Bertz CT molecular complexity index is 1390. The number of hydrogen-bond donors (Lipinski definition) is 1. The van der Waals surface area contributed by atoms with Crippen molar-refractivity contribution in [2.24, 2.45) is 0 Å². The average Bonchev–Trinajstić information content (AvgIpc) is 3.62. The van der Waals surface area contributed by atoms with E-state index in [1.165, 1.54) is 39.9 Å². The lowest BCUT2D eigenvalue weighted by Crippen LogP contribution is -2.35. The van der Waals surface area contributed by atoms with Crippen LogP contribution >= 0.6 is 11.3 Å². The number of anilines is 2. The van der Waals surface area contributed by atoms with Gasteiger partial charge in [0, 0.05) is 37.8 Å². The van der Waals surface area contributed by atoms with E-state index in [9.17, 15) is 22.0 Å². The summed E-state index contributed by atoms with van der Waals surface area (Å²) >= 11 is 1.27. The number of aromatic nitrogens is 1. The summed E-state index contributed by atoms with van der Waals surface area (Å²) < 4.78 is 66.1. The lowest BCUT2D eigenvalue weighted by Gasteiger charge is -2.26. The predicted octanol–water partition coefficient (Wildman–Crippen LogP) is 3.80. The van der Waals surface area contributed by atoms with Crippen molar-refractivity contribution in [1.29, 1.82) is 0 Å². The van der Waals surface area contributed by atoms with Gasteiger partial charge in [-0.3, -0.25) is 10.1 Å². The van der Waals surface area contributed by atoms with Crippen LogP contribution in [0.5, 0.6) is 5.75 Å². The molecule has 2 saturated heterocycles. The first-order chi connectivity index (χ1) is 18.3. The van der Waals surface area contributed by atoms with Crippen molar-refractivity contribution in [3.8, 4) is 5.75 Å². The Morgan fingerprint density at radius 2 is 1.76 bits per heavy atom. The predicted molar refractivity (Wildman–Crippen MR) is 138 cm³/mol. The molecule has 38 heavy (non-hydrogen) atoms.